The van der Waals surface area contributed by atoms with Crippen LogP contribution in [-0.2, 0) is 6.54 Å². The summed E-state index contributed by atoms with van der Waals surface area (Å²) in [5, 5.41) is 15.5. The highest BCUT2D eigenvalue weighted by Crippen LogP contribution is 2.31. The number of carbonyl (C=O) groups excluding carboxylic acids is 1. The molecule has 1 N–H and O–H groups in total. The molecule has 9 nitrogen and oxygen atoms in total. The Balaban J connectivity index is 1.27. The van der Waals surface area contributed by atoms with Gasteiger partial charge < -0.3 is 24.0 Å². The summed E-state index contributed by atoms with van der Waals surface area (Å²) in [5.41, 5.74) is 1.98. The van der Waals surface area contributed by atoms with Crippen LogP contribution in [0.15, 0.2) is 75.8 Å². The number of hydrogen-bond donors (Lipinski definition) is 1. The lowest BCUT2D eigenvalue weighted by Gasteiger charge is -2.35. The molecule has 0 unspecified atom stereocenters. The summed E-state index contributed by atoms with van der Waals surface area (Å²) in [6.07, 6.45) is 1.56. The van der Waals surface area contributed by atoms with Gasteiger partial charge in [-0.1, -0.05) is 18.2 Å². The molecule has 168 valence electrons. The van der Waals surface area contributed by atoms with Crippen molar-refractivity contribution in [2.45, 2.75) is 6.54 Å². The fourth-order valence-electron chi connectivity index (χ4n) is 4.03. The molecule has 2 aromatic carbocycles. The third-order valence-electron chi connectivity index (χ3n) is 5.78. The highest BCUT2D eigenvalue weighted by Gasteiger charge is 2.26. The van der Waals surface area contributed by atoms with Gasteiger partial charge in [-0.15, -0.1) is 0 Å². The number of carbonyl (C=O) groups is 1. The lowest BCUT2D eigenvalue weighted by molar-refractivity contribution is -0.384. The third kappa shape index (κ3) is 4.25. The number of para-hydroxylation sites is 1. The van der Waals surface area contributed by atoms with Crippen LogP contribution in [-0.4, -0.2) is 41.9 Å². The summed E-state index contributed by atoms with van der Waals surface area (Å²) in [6.45, 7) is 2.63. The number of nitrogens with zero attached hydrogens (tertiary/aromatic N) is 3. The van der Waals surface area contributed by atoms with Crippen molar-refractivity contribution in [2.24, 2.45) is 0 Å². The smallest absolute Gasteiger partial charge is 0.292 e. The molecule has 4 aromatic rings. The van der Waals surface area contributed by atoms with E-state index >= 15 is 0 Å². The Bertz CT molecular complexity index is 1260. The molecule has 1 saturated heterocycles. The van der Waals surface area contributed by atoms with E-state index in [0.717, 1.165) is 11.1 Å². The Morgan fingerprint density at radius 3 is 2.58 bits per heavy atom. The van der Waals surface area contributed by atoms with Gasteiger partial charge >= 0.3 is 0 Å². The number of amides is 1. The van der Waals surface area contributed by atoms with Gasteiger partial charge in [-0.25, -0.2) is 0 Å². The zero-order valence-corrected chi connectivity index (χ0v) is 17.8. The van der Waals surface area contributed by atoms with Gasteiger partial charge in [-0.05, 0) is 36.4 Å². The Morgan fingerprint density at radius 1 is 1.03 bits per heavy atom. The van der Waals surface area contributed by atoms with Gasteiger partial charge in [0.25, 0.3) is 11.6 Å². The summed E-state index contributed by atoms with van der Waals surface area (Å²) >= 11 is 0. The minimum absolute atomic E-state index is 0.00371. The Morgan fingerprint density at radius 2 is 1.85 bits per heavy atom. The molecular formula is C24H22N4O5. The summed E-state index contributed by atoms with van der Waals surface area (Å²) in [7, 11) is 0. The maximum Gasteiger partial charge on any atom is 0.292 e. The quantitative estimate of drug-likeness (QED) is 0.343. The van der Waals surface area contributed by atoms with Gasteiger partial charge in [0.15, 0.2) is 5.76 Å². The van der Waals surface area contributed by atoms with E-state index in [4.69, 9.17) is 8.83 Å². The highest BCUT2D eigenvalue weighted by molar-refractivity contribution is 5.96. The summed E-state index contributed by atoms with van der Waals surface area (Å²) in [6, 6.07) is 17.9. The number of fused-ring (bicyclic) bond motifs is 1. The average molecular weight is 446 g/mol. The molecule has 0 atom stereocenters. The third-order valence-corrected chi connectivity index (χ3v) is 5.78. The maximum atomic E-state index is 12.9. The average Bonchev–Trinajstić information content (AvgIpc) is 3.52. The van der Waals surface area contributed by atoms with Crippen molar-refractivity contribution in [1.82, 2.24) is 4.90 Å². The molecule has 5 rings (SSSR count). The van der Waals surface area contributed by atoms with Crippen molar-refractivity contribution in [1.29, 1.82) is 0 Å². The van der Waals surface area contributed by atoms with E-state index in [1.54, 1.807) is 41.5 Å². The largest absolute Gasteiger partial charge is 0.467 e. The molecule has 1 aliphatic rings. The van der Waals surface area contributed by atoms with Crippen molar-refractivity contribution in [3.8, 4) is 0 Å². The zero-order chi connectivity index (χ0) is 22.8. The molecular weight excluding hydrogens is 424 g/mol. The summed E-state index contributed by atoms with van der Waals surface area (Å²) in [5.74, 6) is 0.896. The molecule has 9 heteroatoms. The zero-order valence-electron chi connectivity index (χ0n) is 17.8. The predicted octanol–water partition coefficient (Wildman–Crippen LogP) is 4.51. The second-order valence-electron chi connectivity index (χ2n) is 7.82. The SMILES string of the molecule is O=C(c1cc2ccccc2o1)N1CCN(c2ccc([N+](=O)[O-])c(NCc3ccco3)c2)CC1. The molecule has 1 amide bonds. The van der Waals surface area contributed by atoms with E-state index in [1.165, 1.54) is 6.07 Å². The fourth-order valence-corrected chi connectivity index (χ4v) is 4.03. The second kappa shape index (κ2) is 8.70. The van der Waals surface area contributed by atoms with Crippen LogP contribution in [0.2, 0.25) is 0 Å². The van der Waals surface area contributed by atoms with Crippen molar-refractivity contribution in [2.75, 3.05) is 36.4 Å². The Labute approximate surface area is 189 Å². The molecule has 0 saturated carbocycles. The van der Waals surface area contributed by atoms with Crippen molar-refractivity contribution >= 4 is 33.9 Å². The fraction of sp³-hybridized carbons (Fsp3) is 0.208. The summed E-state index contributed by atoms with van der Waals surface area (Å²) < 4.78 is 11.0. The molecule has 1 fully saturated rings. The van der Waals surface area contributed by atoms with E-state index in [-0.39, 0.29) is 11.6 Å². The topological polar surface area (TPSA) is 105 Å². The molecule has 0 aliphatic carbocycles. The number of nitrogens with one attached hydrogen (secondary N) is 1. The van der Waals surface area contributed by atoms with Gasteiger partial charge in [-0.2, -0.15) is 0 Å². The monoisotopic (exact) mass is 446 g/mol. The molecule has 0 bridgehead atoms. The van der Waals surface area contributed by atoms with E-state index in [1.807, 2.05) is 24.3 Å². The lowest BCUT2D eigenvalue weighted by atomic mass is 10.2. The second-order valence-corrected chi connectivity index (χ2v) is 7.82. The molecule has 0 radical (unpaired) electrons. The van der Waals surface area contributed by atoms with Crippen LogP contribution in [0, 0.1) is 10.1 Å². The van der Waals surface area contributed by atoms with E-state index in [2.05, 4.69) is 10.2 Å². The van der Waals surface area contributed by atoms with Crippen LogP contribution in [0.25, 0.3) is 11.0 Å². The first kappa shape index (κ1) is 20.6. The van der Waals surface area contributed by atoms with Crippen molar-refractivity contribution < 1.29 is 18.6 Å². The lowest BCUT2D eigenvalue weighted by Crippen LogP contribution is -2.48. The number of anilines is 2. The number of nitro groups is 1. The molecule has 2 aromatic heterocycles. The number of furan rings is 2. The minimum Gasteiger partial charge on any atom is -0.467 e. The van der Waals surface area contributed by atoms with Crippen LogP contribution >= 0.6 is 0 Å². The van der Waals surface area contributed by atoms with Crippen LogP contribution in [0.3, 0.4) is 0 Å². The molecule has 1 aliphatic heterocycles. The Kier molecular flexibility index (Phi) is 5.43. The van der Waals surface area contributed by atoms with Gasteiger partial charge in [0.05, 0.1) is 17.7 Å². The Hall–Kier alpha value is -4.27. The summed E-state index contributed by atoms with van der Waals surface area (Å²) in [4.78, 5) is 27.9. The number of nitro benzene ring substituents is 1. The predicted molar refractivity (Wildman–Crippen MR) is 123 cm³/mol. The van der Waals surface area contributed by atoms with Crippen molar-refractivity contribution in [3.63, 3.8) is 0 Å². The van der Waals surface area contributed by atoms with Crippen LogP contribution < -0.4 is 10.2 Å². The molecule has 0 spiro atoms. The number of hydrogen-bond acceptors (Lipinski definition) is 7. The van der Waals surface area contributed by atoms with E-state index in [0.29, 0.717) is 55.5 Å². The first-order valence-electron chi connectivity index (χ1n) is 10.7. The molecule has 33 heavy (non-hydrogen) atoms. The molecule has 3 heterocycles. The van der Waals surface area contributed by atoms with Gasteiger partial charge in [-0.3, -0.25) is 14.9 Å². The van der Waals surface area contributed by atoms with E-state index < -0.39 is 4.92 Å². The van der Waals surface area contributed by atoms with Gasteiger partial charge in [0.1, 0.15) is 17.0 Å². The minimum atomic E-state index is -0.405. The van der Waals surface area contributed by atoms with Crippen LogP contribution in [0.1, 0.15) is 16.3 Å². The van der Waals surface area contributed by atoms with E-state index in [9.17, 15) is 14.9 Å². The van der Waals surface area contributed by atoms with Gasteiger partial charge in [0.2, 0.25) is 0 Å². The van der Waals surface area contributed by atoms with Gasteiger partial charge in [0, 0.05) is 43.3 Å². The van der Waals surface area contributed by atoms with Crippen LogP contribution in [0.4, 0.5) is 17.1 Å². The van der Waals surface area contributed by atoms with Crippen LogP contribution in [0.5, 0.6) is 0 Å². The van der Waals surface area contributed by atoms with Crippen molar-refractivity contribution in [3.05, 3.63) is 88.6 Å². The first-order valence-corrected chi connectivity index (χ1v) is 10.7. The number of rotatable bonds is 6. The standard InChI is InChI=1S/C24H22N4O5/c29-24(23-14-17-4-1-2-6-22(17)33-23)27-11-9-26(10-12-27)18-7-8-21(28(30)31)20(15-18)25-16-19-5-3-13-32-19/h1-8,13-15,25H,9-12,16H2. The first-order chi connectivity index (χ1) is 16.1. The number of benzene rings is 2. The highest BCUT2D eigenvalue weighted by atomic mass is 16.6. The maximum absolute atomic E-state index is 12.9. The number of piperazine rings is 1. The normalized spacial score (nSPS) is 13.9.